The van der Waals surface area contributed by atoms with E-state index in [1.807, 2.05) is 19.1 Å². The van der Waals surface area contributed by atoms with Crippen molar-refractivity contribution in [3.8, 4) is 0 Å². The number of nitrogens with zero attached hydrogens (tertiary/aromatic N) is 1. The van der Waals surface area contributed by atoms with Gasteiger partial charge in [0, 0.05) is 4.47 Å². The summed E-state index contributed by atoms with van der Waals surface area (Å²) in [7, 11) is -3.54. The first-order valence-electron chi connectivity index (χ1n) is 5.90. The second kappa shape index (κ2) is 6.11. The highest BCUT2D eigenvalue weighted by Gasteiger charge is 2.25. The van der Waals surface area contributed by atoms with Crippen LogP contribution in [0.3, 0.4) is 0 Å². The van der Waals surface area contributed by atoms with Gasteiger partial charge in [-0.25, -0.2) is 8.42 Å². The summed E-state index contributed by atoms with van der Waals surface area (Å²) in [5.74, 6) is 0. The summed E-state index contributed by atoms with van der Waals surface area (Å²) in [4.78, 5) is 0. The monoisotopic (exact) mass is 371 g/mol. The Morgan fingerprint density at radius 3 is 2.70 bits per heavy atom. The number of sulfonamides is 1. The highest BCUT2D eigenvalue weighted by atomic mass is 79.9. The number of thiophene rings is 1. The van der Waals surface area contributed by atoms with E-state index < -0.39 is 10.0 Å². The number of benzene rings is 1. The molecule has 2 rings (SSSR count). The first-order chi connectivity index (χ1) is 9.46. The van der Waals surface area contributed by atoms with Gasteiger partial charge in [-0.1, -0.05) is 28.1 Å². The van der Waals surface area contributed by atoms with E-state index in [0.717, 1.165) is 10.0 Å². The molecule has 6 heteroatoms. The number of anilines is 1. The minimum Gasteiger partial charge on any atom is -0.262 e. The molecule has 1 aromatic heterocycles. The maximum Gasteiger partial charge on any atom is 0.274 e. The van der Waals surface area contributed by atoms with Gasteiger partial charge in [0.1, 0.15) is 4.21 Å². The smallest absolute Gasteiger partial charge is 0.262 e. The minimum absolute atomic E-state index is 0.237. The summed E-state index contributed by atoms with van der Waals surface area (Å²) in [5.41, 5.74) is 1.62. The molecule has 3 nitrogen and oxygen atoms in total. The molecule has 0 aliphatic carbocycles. The molecule has 0 bridgehead atoms. The molecule has 106 valence electrons. The molecule has 20 heavy (non-hydrogen) atoms. The zero-order valence-corrected chi connectivity index (χ0v) is 14.1. The summed E-state index contributed by atoms with van der Waals surface area (Å²) >= 11 is 4.63. The first-order valence-corrected chi connectivity index (χ1v) is 9.01. The molecule has 0 unspecified atom stereocenters. The lowest BCUT2D eigenvalue weighted by molar-refractivity contribution is 0.595. The van der Waals surface area contributed by atoms with Gasteiger partial charge in [-0.3, -0.25) is 4.31 Å². The van der Waals surface area contributed by atoms with Crippen LogP contribution in [0.5, 0.6) is 0 Å². The van der Waals surface area contributed by atoms with Crippen LogP contribution >= 0.6 is 27.3 Å². The zero-order valence-electron chi connectivity index (χ0n) is 10.9. The van der Waals surface area contributed by atoms with Crippen molar-refractivity contribution in [3.63, 3.8) is 0 Å². The second-order valence-corrected chi connectivity index (χ2v) is 8.08. The number of hydrogen-bond donors (Lipinski definition) is 0. The van der Waals surface area contributed by atoms with Gasteiger partial charge in [0.15, 0.2) is 0 Å². The third kappa shape index (κ3) is 2.97. The van der Waals surface area contributed by atoms with Gasteiger partial charge in [0.2, 0.25) is 0 Å². The SMILES string of the molecule is C=CCN(c1ccc(Br)c(C)c1)S(=O)(=O)c1cccs1. The lowest BCUT2D eigenvalue weighted by Gasteiger charge is -2.22. The van der Waals surface area contributed by atoms with Crippen LogP contribution in [0.4, 0.5) is 5.69 Å². The average Bonchev–Trinajstić information content (AvgIpc) is 2.94. The molecule has 0 atom stereocenters. The predicted molar refractivity (Wildman–Crippen MR) is 87.9 cm³/mol. The lowest BCUT2D eigenvalue weighted by Crippen LogP contribution is -2.30. The minimum atomic E-state index is -3.54. The molecule has 0 aliphatic rings. The Hall–Kier alpha value is -1.11. The Labute approximate surface area is 131 Å². The highest BCUT2D eigenvalue weighted by molar-refractivity contribution is 9.10. The molecular weight excluding hydrogens is 358 g/mol. The van der Waals surface area contributed by atoms with Crippen molar-refractivity contribution in [2.75, 3.05) is 10.8 Å². The molecule has 0 aliphatic heterocycles. The van der Waals surface area contributed by atoms with E-state index >= 15 is 0 Å². The number of halogens is 1. The molecule has 0 fully saturated rings. The maximum atomic E-state index is 12.7. The summed E-state index contributed by atoms with van der Waals surface area (Å²) in [6.45, 7) is 5.81. The third-order valence-corrected chi connectivity index (χ3v) is 6.82. The quantitative estimate of drug-likeness (QED) is 0.738. The number of aryl methyl sites for hydroxylation is 1. The van der Waals surface area contributed by atoms with Gasteiger partial charge in [-0.05, 0) is 42.1 Å². The molecule has 0 radical (unpaired) electrons. The molecule has 0 N–H and O–H groups in total. The fraction of sp³-hybridized carbons (Fsp3) is 0.143. The van der Waals surface area contributed by atoms with E-state index in [1.165, 1.54) is 15.6 Å². The normalized spacial score (nSPS) is 11.3. The van der Waals surface area contributed by atoms with Crippen molar-refractivity contribution in [1.82, 2.24) is 0 Å². The molecular formula is C14H14BrNO2S2. The largest absolute Gasteiger partial charge is 0.274 e. The molecule has 0 saturated carbocycles. The van der Waals surface area contributed by atoms with E-state index in [-0.39, 0.29) is 6.54 Å². The highest BCUT2D eigenvalue weighted by Crippen LogP contribution is 2.29. The third-order valence-electron chi connectivity index (χ3n) is 2.76. The second-order valence-electron chi connectivity index (χ2n) is 4.19. The van der Waals surface area contributed by atoms with Crippen LogP contribution in [-0.4, -0.2) is 15.0 Å². The van der Waals surface area contributed by atoms with Crippen molar-refractivity contribution in [1.29, 1.82) is 0 Å². The number of rotatable bonds is 5. The van der Waals surface area contributed by atoms with Gasteiger partial charge in [-0.2, -0.15) is 0 Å². The fourth-order valence-corrected chi connectivity index (χ4v) is 4.54. The Morgan fingerprint density at radius 2 is 2.15 bits per heavy atom. The van der Waals surface area contributed by atoms with Gasteiger partial charge in [-0.15, -0.1) is 17.9 Å². The van der Waals surface area contributed by atoms with Crippen LogP contribution in [-0.2, 0) is 10.0 Å². The standard InChI is InChI=1S/C14H14BrNO2S2/c1-3-8-16(12-6-7-13(15)11(2)10-12)20(17,18)14-5-4-9-19-14/h3-7,9-10H,1,8H2,2H3. The van der Waals surface area contributed by atoms with Crippen LogP contribution in [0.25, 0.3) is 0 Å². The summed E-state index contributed by atoms with van der Waals surface area (Å²) in [5, 5.41) is 1.76. The van der Waals surface area contributed by atoms with Crippen molar-refractivity contribution < 1.29 is 8.42 Å². The maximum absolute atomic E-state index is 12.7. The molecule has 2 aromatic rings. The van der Waals surface area contributed by atoms with Gasteiger partial charge < -0.3 is 0 Å². The van der Waals surface area contributed by atoms with Crippen LogP contribution in [0.1, 0.15) is 5.56 Å². The molecule has 0 amide bonds. The molecule has 0 saturated heterocycles. The molecule has 1 aromatic carbocycles. The Bertz CT molecular complexity index is 709. The topological polar surface area (TPSA) is 37.4 Å². The van der Waals surface area contributed by atoms with E-state index in [0.29, 0.717) is 9.90 Å². The van der Waals surface area contributed by atoms with E-state index in [1.54, 1.807) is 29.7 Å². The Kier molecular flexibility index (Phi) is 4.67. The predicted octanol–water partition coefficient (Wildman–Crippen LogP) is 4.20. The van der Waals surface area contributed by atoms with E-state index in [4.69, 9.17) is 0 Å². The summed E-state index contributed by atoms with van der Waals surface area (Å²) < 4.78 is 28.0. The zero-order chi connectivity index (χ0) is 14.8. The molecule has 1 heterocycles. The van der Waals surface area contributed by atoms with Gasteiger partial charge in [0.05, 0.1) is 12.2 Å². The van der Waals surface area contributed by atoms with Crippen molar-refractivity contribution in [3.05, 3.63) is 58.4 Å². The van der Waals surface area contributed by atoms with Gasteiger partial charge in [0.25, 0.3) is 10.0 Å². The summed E-state index contributed by atoms with van der Waals surface area (Å²) in [6.07, 6.45) is 1.59. The van der Waals surface area contributed by atoms with Crippen molar-refractivity contribution in [2.45, 2.75) is 11.1 Å². The van der Waals surface area contributed by atoms with Gasteiger partial charge >= 0.3 is 0 Å². The van der Waals surface area contributed by atoms with E-state index in [9.17, 15) is 8.42 Å². The molecule has 0 spiro atoms. The van der Waals surface area contributed by atoms with E-state index in [2.05, 4.69) is 22.5 Å². The van der Waals surface area contributed by atoms with Crippen molar-refractivity contribution in [2.24, 2.45) is 0 Å². The Morgan fingerprint density at radius 1 is 1.40 bits per heavy atom. The van der Waals surface area contributed by atoms with Crippen LogP contribution in [0.2, 0.25) is 0 Å². The lowest BCUT2D eigenvalue weighted by atomic mass is 10.2. The number of hydrogen-bond acceptors (Lipinski definition) is 3. The van der Waals surface area contributed by atoms with Crippen LogP contribution in [0.15, 0.2) is 57.0 Å². The average molecular weight is 372 g/mol. The van der Waals surface area contributed by atoms with Crippen molar-refractivity contribution >= 4 is 43.0 Å². The van der Waals surface area contributed by atoms with Crippen LogP contribution < -0.4 is 4.31 Å². The van der Waals surface area contributed by atoms with Crippen LogP contribution in [0, 0.1) is 6.92 Å². The fourth-order valence-electron chi connectivity index (χ4n) is 1.76. The summed E-state index contributed by atoms with van der Waals surface area (Å²) in [6, 6.07) is 8.83. The Balaban J connectivity index is 2.51. The first kappa shape index (κ1) is 15.3.